The van der Waals surface area contributed by atoms with Crippen molar-refractivity contribution in [1.82, 2.24) is 0 Å². The molecule has 0 saturated heterocycles. The molecule has 5 heteroatoms. The summed E-state index contributed by atoms with van der Waals surface area (Å²) < 4.78 is 0. The maximum absolute atomic E-state index is 5.42. The molecule has 0 bridgehead atoms. The molecule has 110 valence electrons. The molecule has 0 heterocycles. The molecule has 0 rings (SSSR count). The van der Waals surface area contributed by atoms with Crippen LogP contribution in [0.1, 0.15) is 71.1 Å². The van der Waals surface area contributed by atoms with Gasteiger partial charge in [-0.25, -0.2) is 0 Å². The summed E-state index contributed by atoms with van der Waals surface area (Å²) in [4.78, 5) is 0. The van der Waals surface area contributed by atoms with Crippen molar-refractivity contribution in [3.05, 3.63) is 0 Å². The molecule has 0 aliphatic carbocycles. The van der Waals surface area contributed by atoms with Crippen molar-refractivity contribution in [2.75, 3.05) is 6.54 Å². The molecule has 0 fully saturated rings. The Bertz CT molecular complexity index is 87.8. The van der Waals surface area contributed by atoms with Gasteiger partial charge in [0.2, 0.25) is 0 Å². The maximum atomic E-state index is 5.42. The summed E-state index contributed by atoms with van der Waals surface area (Å²) in [6.45, 7) is 3.14. The van der Waals surface area contributed by atoms with Gasteiger partial charge in [0.1, 0.15) is 0 Å². The predicted molar refractivity (Wildman–Crippen MR) is 63.0 cm³/mol. The number of hydrogen-bond donors (Lipinski definition) is 1. The van der Waals surface area contributed by atoms with Crippen molar-refractivity contribution in [2.45, 2.75) is 71.1 Å². The van der Waals surface area contributed by atoms with Crippen molar-refractivity contribution in [2.24, 2.45) is 5.73 Å². The van der Waals surface area contributed by atoms with E-state index in [1.54, 1.807) is 0 Å². The van der Waals surface area contributed by atoms with Crippen LogP contribution < -0.4 is 5.73 Å². The second-order valence-corrected chi connectivity index (χ2v) is 3.97. The monoisotopic (exact) mass is 331 g/mol. The molecular weight excluding hydrogens is 302 g/mol. The van der Waals surface area contributed by atoms with Gasteiger partial charge in [0.25, 0.3) is 0 Å². The summed E-state index contributed by atoms with van der Waals surface area (Å²) in [6, 6.07) is 0. The van der Waals surface area contributed by atoms with E-state index in [0.717, 1.165) is 6.54 Å². The first kappa shape index (κ1) is 30.5. The van der Waals surface area contributed by atoms with Crippen molar-refractivity contribution < 1.29 is 37.5 Å². The molecule has 4 nitrogen and oxygen atoms in total. The van der Waals surface area contributed by atoms with Crippen LogP contribution in [-0.2, 0) is 37.5 Å². The molecule has 0 radical (unpaired) electrons. The normalized spacial score (nSPS) is 8.12. The summed E-state index contributed by atoms with van der Waals surface area (Å²) in [5, 5.41) is 0. The van der Waals surface area contributed by atoms with E-state index in [1.165, 1.54) is 64.2 Å². The summed E-state index contributed by atoms with van der Waals surface area (Å²) in [5.74, 6) is 0. The molecular formula is C12H27MoNO3-6. The standard InChI is InChI=1S/C12H27N.Mo.3O/c1-2-3-4-5-6-7-8-9-10-11-12-13;;;;/h2-13H2,1H3;;;;/q;;3*-2. The van der Waals surface area contributed by atoms with E-state index >= 15 is 0 Å². The topological polar surface area (TPSA) is 112 Å². The molecule has 0 atom stereocenters. The first-order valence-electron chi connectivity index (χ1n) is 6.12. The van der Waals surface area contributed by atoms with Gasteiger partial charge in [0.15, 0.2) is 0 Å². The van der Waals surface area contributed by atoms with Crippen LogP contribution >= 0.6 is 0 Å². The largest absolute Gasteiger partial charge is 2.00 e. The molecule has 0 saturated carbocycles. The molecule has 2 N–H and O–H groups in total. The van der Waals surface area contributed by atoms with Gasteiger partial charge in [0.05, 0.1) is 0 Å². The van der Waals surface area contributed by atoms with E-state index in [1.807, 2.05) is 0 Å². The van der Waals surface area contributed by atoms with E-state index in [2.05, 4.69) is 6.92 Å². The van der Waals surface area contributed by atoms with Gasteiger partial charge in [-0.1, -0.05) is 64.7 Å². The summed E-state index contributed by atoms with van der Waals surface area (Å²) in [6.07, 6.45) is 13.9. The smallest absolute Gasteiger partial charge is 0 e. The molecule has 0 amide bonds. The fourth-order valence-electron chi connectivity index (χ4n) is 1.63. The summed E-state index contributed by atoms with van der Waals surface area (Å²) in [5.41, 5.74) is 5.42. The Labute approximate surface area is 121 Å². The Kier molecular flexibility index (Phi) is 53.8. The molecule has 0 aliphatic rings. The molecule has 17 heavy (non-hydrogen) atoms. The Balaban J connectivity index is -0.000000120. The van der Waals surface area contributed by atoms with Crippen LogP contribution in [-0.4, -0.2) is 6.54 Å². The zero-order chi connectivity index (χ0) is 9.78. The van der Waals surface area contributed by atoms with E-state index in [-0.39, 0.29) is 37.5 Å². The van der Waals surface area contributed by atoms with E-state index in [9.17, 15) is 0 Å². The second-order valence-electron chi connectivity index (χ2n) is 3.97. The minimum absolute atomic E-state index is 0. The van der Waals surface area contributed by atoms with Crippen LogP contribution in [0.25, 0.3) is 0 Å². The third-order valence-electron chi connectivity index (χ3n) is 2.56. The van der Waals surface area contributed by atoms with Crippen LogP contribution in [0.3, 0.4) is 0 Å². The van der Waals surface area contributed by atoms with Gasteiger partial charge in [-0.3, -0.25) is 0 Å². The Hall–Kier alpha value is 0.528. The number of hydrogen-bond acceptors (Lipinski definition) is 1. The van der Waals surface area contributed by atoms with Crippen LogP contribution in [0, 0.1) is 0 Å². The average Bonchev–Trinajstić information content (AvgIpc) is 2.16. The summed E-state index contributed by atoms with van der Waals surface area (Å²) >= 11 is 0. The Morgan fingerprint density at radius 1 is 0.588 bits per heavy atom. The maximum Gasteiger partial charge on any atom is 0 e. The minimum atomic E-state index is 0. The zero-order valence-electron chi connectivity index (χ0n) is 11.0. The quantitative estimate of drug-likeness (QED) is 0.480. The van der Waals surface area contributed by atoms with Gasteiger partial charge in [0, 0.05) is 21.1 Å². The van der Waals surface area contributed by atoms with Crippen molar-refractivity contribution >= 4 is 0 Å². The fraction of sp³-hybridized carbons (Fsp3) is 1.00. The molecule has 0 unspecified atom stereocenters. The zero-order valence-corrected chi connectivity index (χ0v) is 13.0. The van der Waals surface area contributed by atoms with Gasteiger partial charge >= 0.3 is 0 Å². The van der Waals surface area contributed by atoms with Gasteiger partial charge in [-0.2, -0.15) is 0 Å². The van der Waals surface area contributed by atoms with E-state index < -0.39 is 0 Å². The minimum Gasteiger partial charge on any atom is -2.00 e. The van der Waals surface area contributed by atoms with E-state index in [0.29, 0.717) is 0 Å². The van der Waals surface area contributed by atoms with Crippen molar-refractivity contribution in [3.63, 3.8) is 0 Å². The van der Waals surface area contributed by atoms with E-state index in [4.69, 9.17) is 5.73 Å². The van der Waals surface area contributed by atoms with Crippen molar-refractivity contribution in [1.29, 1.82) is 0 Å². The number of rotatable bonds is 10. The molecule has 0 aromatic heterocycles. The summed E-state index contributed by atoms with van der Waals surface area (Å²) in [7, 11) is 0. The third-order valence-corrected chi connectivity index (χ3v) is 2.56. The van der Waals surface area contributed by atoms with Gasteiger partial charge in [-0.05, 0) is 13.0 Å². The second kappa shape index (κ2) is 30.0. The molecule has 0 aromatic carbocycles. The molecule has 0 spiro atoms. The van der Waals surface area contributed by atoms with Crippen LogP contribution in [0.2, 0.25) is 0 Å². The molecule has 0 aromatic rings. The van der Waals surface area contributed by atoms with Gasteiger partial charge < -0.3 is 22.2 Å². The Morgan fingerprint density at radius 2 is 0.882 bits per heavy atom. The van der Waals surface area contributed by atoms with Crippen LogP contribution in [0.5, 0.6) is 0 Å². The van der Waals surface area contributed by atoms with Crippen LogP contribution in [0.4, 0.5) is 0 Å². The van der Waals surface area contributed by atoms with Gasteiger partial charge in [-0.15, -0.1) is 0 Å². The fourth-order valence-corrected chi connectivity index (χ4v) is 1.63. The Morgan fingerprint density at radius 3 is 1.18 bits per heavy atom. The number of unbranched alkanes of at least 4 members (excludes halogenated alkanes) is 9. The first-order chi connectivity index (χ1) is 6.41. The van der Waals surface area contributed by atoms with Crippen LogP contribution in [0.15, 0.2) is 0 Å². The number of nitrogens with two attached hydrogens (primary N) is 1. The SMILES string of the molecule is CCCCCCCCCCCCN.[Mo].[O-2].[O-2].[O-2]. The molecule has 0 aliphatic heterocycles. The first-order valence-corrected chi connectivity index (χ1v) is 6.12. The predicted octanol–water partition coefficient (Wildman–Crippen LogP) is 3.51. The third kappa shape index (κ3) is 31.5. The van der Waals surface area contributed by atoms with Crippen molar-refractivity contribution in [3.8, 4) is 0 Å². The average molecular weight is 329 g/mol.